The Balaban J connectivity index is 1.60. The Hall–Kier alpha value is -1.40. The molecule has 1 aliphatic carbocycles. The molecule has 1 saturated carbocycles. The molecule has 0 atom stereocenters. The number of nitrogens with zero attached hydrogens (tertiary/aromatic N) is 3. The minimum atomic E-state index is 0.0303. The third-order valence-corrected chi connectivity index (χ3v) is 6.20. The quantitative estimate of drug-likeness (QED) is 0.933. The minimum Gasteiger partial charge on any atom is -0.284 e. The molecule has 6 heteroatoms. The lowest BCUT2D eigenvalue weighted by Crippen LogP contribution is -2.39. The van der Waals surface area contributed by atoms with E-state index in [9.17, 15) is 4.79 Å². The lowest BCUT2D eigenvalue weighted by atomic mass is 9.96. The summed E-state index contributed by atoms with van der Waals surface area (Å²) in [4.78, 5) is 14.5. The Morgan fingerprint density at radius 3 is 2.70 bits per heavy atom. The zero-order valence-electron chi connectivity index (χ0n) is 13.7. The van der Waals surface area contributed by atoms with Gasteiger partial charge < -0.3 is 0 Å². The van der Waals surface area contributed by atoms with Gasteiger partial charge in [-0.15, -0.1) is 11.3 Å². The van der Waals surface area contributed by atoms with Crippen molar-refractivity contribution in [3.8, 4) is 0 Å². The molecule has 2 fully saturated rings. The number of fused-ring (bicyclic) bond motifs is 1. The second-order valence-corrected chi connectivity index (χ2v) is 7.82. The molecular formula is C17H24N4OS. The number of hydrogen-bond donors (Lipinski definition) is 1. The molecule has 2 aromatic rings. The fourth-order valence-electron chi connectivity index (χ4n) is 3.78. The second-order valence-electron chi connectivity index (χ2n) is 6.79. The highest BCUT2D eigenvalue weighted by Gasteiger charge is 2.23. The summed E-state index contributed by atoms with van der Waals surface area (Å²) in [5, 5.41) is 7.94. The van der Waals surface area contributed by atoms with E-state index in [1.165, 1.54) is 49.8 Å². The van der Waals surface area contributed by atoms with Crippen molar-refractivity contribution in [2.75, 3.05) is 13.1 Å². The van der Waals surface area contributed by atoms with Gasteiger partial charge in [-0.05, 0) is 38.7 Å². The van der Waals surface area contributed by atoms with Crippen LogP contribution in [0.25, 0.3) is 10.2 Å². The number of aromatic nitrogens is 2. The number of carbonyl (C=O) groups excluding carboxylic acids is 1. The summed E-state index contributed by atoms with van der Waals surface area (Å²) in [7, 11) is 0. The van der Waals surface area contributed by atoms with Gasteiger partial charge in [-0.3, -0.25) is 14.9 Å². The molecule has 0 bridgehead atoms. The van der Waals surface area contributed by atoms with Crippen LogP contribution in [-0.2, 0) is 0 Å². The van der Waals surface area contributed by atoms with Crippen LogP contribution in [0.2, 0.25) is 0 Å². The molecule has 3 heterocycles. The average molecular weight is 332 g/mol. The number of thiophene rings is 1. The van der Waals surface area contributed by atoms with Gasteiger partial charge in [-0.1, -0.05) is 19.3 Å². The summed E-state index contributed by atoms with van der Waals surface area (Å²) in [5.74, 6) is 0.0303. The largest absolute Gasteiger partial charge is 0.284 e. The zero-order valence-corrected chi connectivity index (χ0v) is 14.5. The van der Waals surface area contributed by atoms with Crippen molar-refractivity contribution >= 4 is 27.5 Å². The highest BCUT2D eigenvalue weighted by Crippen LogP contribution is 2.35. The Morgan fingerprint density at radius 2 is 1.96 bits per heavy atom. The van der Waals surface area contributed by atoms with Gasteiger partial charge in [0.05, 0.1) is 16.6 Å². The van der Waals surface area contributed by atoms with Crippen LogP contribution in [0.4, 0.5) is 0 Å². The van der Waals surface area contributed by atoms with Gasteiger partial charge in [0, 0.05) is 18.5 Å². The normalized spacial score (nSPS) is 20.4. The first kappa shape index (κ1) is 15.1. The van der Waals surface area contributed by atoms with Crippen molar-refractivity contribution < 1.29 is 4.79 Å². The summed E-state index contributed by atoms with van der Waals surface area (Å²) in [5.41, 5.74) is 4.08. The number of hydrazine groups is 1. The molecule has 5 nitrogen and oxygen atoms in total. The molecule has 1 aliphatic heterocycles. The fourth-order valence-corrected chi connectivity index (χ4v) is 4.91. The summed E-state index contributed by atoms with van der Waals surface area (Å²) in [6.45, 7) is 3.98. The Kier molecular flexibility index (Phi) is 4.11. The van der Waals surface area contributed by atoms with Gasteiger partial charge in [-0.2, -0.15) is 5.10 Å². The van der Waals surface area contributed by atoms with Crippen molar-refractivity contribution in [3.63, 3.8) is 0 Å². The first-order chi connectivity index (χ1) is 11.2. The van der Waals surface area contributed by atoms with Crippen LogP contribution < -0.4 is 5.43 Å². The van der Waals surface area contributed by atoms with E-state index in [-0.39, 0.29) is 5.91 Å². The van der Waals surface area contributed by atoms with E-state index in [0.29, 0.717) is 6.04 Å². The van der Waals surface area contributed by atoms with Crippen molar-refractivity contribution in [2.24, 2.45) is 0 Å². The average Bonchev–Trinajstić information content (AvgIpc) is 3.27. The molecule has 1 N–H and O–H groups in total. The highest BCUT2D eigenvalue weighted by molar-refractivity contribution is 7.20. The molecular weight excluding hydrogens is 308 g/mol. The maximum Gasteiger partial charge on any atom is 0.275 e. The van der Waals surface area contributed by atoms with E-state index in [1.807, 2.05) is 11.1 Å². The predicted octanol–water partition coefficient (Wildman–Crippen LogP) is 3.65. The second kappa shape index (κ2) is 6.24. The number of hydrogen-bond acceptors (Lipinski definition) is 4. The number of amides is 1. The van der Waals surface area contributed by atoms with Crippen LogP contribution in [0.1, 0.15) is 66.4 Å². The van der Waals surface area contributed by atoms with Gasteiger partial charge in [-0.25, -0.2) is 5.01 Å². The molecule has 0 aromatic carbocycles. The Morgan fingerprint density at radius 1 is 1.22 bits per heavy atom. The number of nitrogens with one attached hydrogen (secondary N) is 1. The molecule has 1 saturated heterocycles. The van der Waals surface area contributed by atoms with Crippen LogP contribution in [0.15, 0.2) is 6.07 Å². The molecule has 1 amide bonds. The number of rotatable bonds is 3. The van der Waals surface area contributed by atoms with Crippen molar-refractivity contribution in [3.05, 3.63) is 16.6 Å². The topological polar surface area (TPSA) is 50.2 Å². The van der Waals surface area contributed by atoms with Crippen LogP contribution in [0.5, 0.6) is 0 Å². The van der Waals surface area contributed by atoms with Crippen LogP contribution in [-0.4, -0.2) is 33.8 Å². The van der Waals surface area contributed by atoms with E-state index in [4.69, 9.17) is 5.10 Å². The summed E-state index contributed by atoms with van der Waals surface area (Å²) in [6, 6.07) is 2.53. The molecule has 0 spiro atoms. The van der Waals surface area contributed by atoms with Gasteiger partial charge in [0.1, 0.15) is 4.83 Å². The summed E-state index contributed by atoms with van der Waals surface area (Å²) >= 11 is 1.59. The first-order valence-electron chi connectivity index (χ1n) is 8.77. The SMILES string of the molecule is Cc1nn(C2CCCCC2)c2sc(C(=O)NN3CCCC3)cc12. The smallest absolute Gasteiger partial charge is 0.275 e. The molecule has 0 radical (unpaired) electrons. The lowest BCUT2D eigenvalue weighted by Gasteiger charge is -2.22. The summed E-state index contributed by atoms with van der Waals surface area (Å²) < 4.78 is 2.20. The molecule has 23 heavy (non-hydrogen) atoms. The zero-order chi connectivity index (χ0) is 15.8. The summed E-state index contributed by atoms with van der Waals surface area (Å²) in [6.07, 6.45) is 8.68. The molecule has 0 unspecified atom stereocenters. The standard InChI is InChI=1S/C17H24N4OS/c1-12-14-11-15(16(22)19-20-9-5-6-10-20)23-17(14)21(18-12)13-7-3-2-4-8-13/h11,13H,2-10H2,1H3,(H,19,22). The third-order valence-electron chi connectivity index (χ3n) is 5.08. The number of aryl methyl sites for hydroxylation is 1. The lowest BCUT2D eigenvalue weighted by molar-refractivity contribution is 0.0830. The van der Waals surface area contributed by atoms with Gasteiger partial charge >= 0.3 is 0 Å². The Labute approximate surface area is 140 Å². The van der Waals surface area contributed by atoms with Crippen LogP contribution >= 0.6 is 11.3 Å². The van der Waals surface area contributed by atoms with Gasteiger partial charge in [0.15, 0.2) is 0 Å². The maximum absolute atomic E-state index is 12.5. The van der Waals surface area contributed by atoms with E-state index in [1.54, 1.807) is 11.3 Å². The Bertz CT molecular complexity index is 708. The minimum absolute atomic E-state index is 0.0303. The van der Waals surface area contributed by atoms with Crippen molar-refractivity contribution in [1.29, 1.82) is 0 Å². The van der Waals surface area contributed by atoms with E-state index < -0.39 is 0 Å². The molecule has 124 valence electrons. The van der Waals surface area contributed by atoms with Crippen LogP contribution in [0.3, 0.4) is 0 Å². The third kappa shape index (κ3) is 2.90. The first-order valence-corrected chi connectivity index (χ1v) is 9.58. The highest BCUT2D eigenvalue weighted by atomic mass is 32.1. The molecule has 2 aliphatic rings. The molecule has 2 aromatic heterocycles. The van der Waals surface area contributed by atoms with E-state index in [2.05, 4.69) is 17.0 Å². The maximum atomic E-state index is 12.5. The molecule has 4 rings (SSSR count). The van der Waals surface area contributed by atoms with E-state index >= 15 is 0 Å². The van der Waals surface area contributed by atoms with Gasteiger partial charge in [0.2, 0.25) is 0 Å². The predicted molar refractivity (Wildman–Crippen MR) is 92.7 cm³/mol. The monoisotopic (exact) mass is 332 g/mol. The number of carbonyl (C=O) groups is 1. The fraction of sp³-hybridized carbons (Fsp3) is 0.647. The van der Waals surface area contributed by atoms with Crippen molar-refractivity contribution in [1.82, 2.24) is 20.2 Å². The van der Waals surface area contributed by atoms with Crippen LogP contribution in [0, 0.1) is 6.92 Å². The van der Waals surface area contributed by atoms with Crippen molar-refractivity contribution in [2.45, 2.75) is 57.9 Å². The van der Waals surface area contributed by atoms with Gasteiger partial charge in [0.25, 0.3) is 5.91 Å². The van der Waals surface area contributed by atoms with E-state index in [0.717, 1.165) is 29.0 Å².